The SMILES string of the molecule is CC(C)Oc1ccc2c(c1)C(c1ccnc(N3CCOCC3)c1)=NC2. The zero-order valence-corrected chi connectivity index (χ0v) is 14.7. The Kier molecular flexibility index (Phi) is 4.40. The summed E-state index contributed by atoms with van der Waals surface area (Å²) in [7, 11) is 0. The fourth-order valence-corrected chi connectivity index (χ4v) is 3.29. The van der Waals surface area contributed by atoms with E-state index in [1.807, 2.05) is 32.2 Å². The van der Waals surface area contributed by atoms with Crippen LogP contribution < -0.4 is 9.64 Å². The second kappa shape index (κ2) is 6.84. The van der Waals surface area contributed by atoms with E-state index in [0.717, 1.165) is 61.3 Å². The molecule has 0 N–H and O–H groups in total. The van der Waals surface area contributed by atoms with Gasteiger partial charge in [0.15, 0.2) is 0 Å². The number of nitrogens with zero attached hydrogens (tertiary/aromatic N) is 3. The van der Waals surface area contributed by atoms with Crippen LogP contribution in [-0.2, 0) is 11.3 Å². The quantitative estimate of drug-likeness (QED) is 0.860. The number of hydrogen-bond acceptors (Lipinski definition) is 5. The monoisotopic (exact) mass is 337 g/mol. The van der Waals surface area contributed by atoms with Crippen LogP contribution in [0.3, 0.4) is 0 Å². The summed E-state index contributed by atoms with van der Waals surface area (Å²) in [5, 5.41) is 0. The van der Waals surface area contributed by atoms with E-state index in [9.17, 15) is 0 Å². The minimum Gasteiger partial charge on any atom is -0.491 e. The first kappa shape index (κ1) is 16.1. The van der Waals surface area contributed by atoms with Crippen molar-refractivity contribution in [2.24, 2.45) is 4.99 Å². The number of ether oxygens (including phenoxy) is 2. The van der Waals surface area contributed by atoms with Gasteiger partial charge < -0.3 is 14.4 Å². The second-order valence-corrected chi connectivity index (χ2v) is 6.65. The number of hydrogen-bond donors (Lipinski definition) is 0. The summed E-state index contributed by atoms with van der Waals surface area (Å²) in [5.41, 5.74) is 4.55. The van der Waals surface area contributed by atoms with E-state index in [1.165, 1.54) is 5.56 Å². The molecule has 1 fully saturated rings. The summed E-state index contributed by atoms with van der Waals surface area (Å²) in [6.45, 7) is 8.08. The van der Waals surface area contributed by atoms with Gasteiger partial charge in [0.05, 0.1) is 31.6 Å². The van der Waals surface area contributed by atoms with Crippen molar-refractivity contribution < 1.29 is 9.47 Å². The molecule has 0 bridgehead atoms. The van der Waals surface area contributed by atoms with Crippen LogP contribution in [0.1, 0.15) is 30.5 Å². The van der Waals surface area contributed by atoms with Crippen LogP contribution in [0, 0.1) is 0 Å². The standard InChI is InChI=1S/C20H23N3O2/c1-14(2)25-17-4-3-16-13-22-20(18(16)12-17)15-5-6-21-19(11-15)23-7-9-24-10-8-23/h3-6,11-12,14H,7-10,13H2,1-2H3. The van der Waals surface area contributed by atoms with Gasteiger partial charge in [-0.3, -0.25) is 4.99 Å². The Labute approximate surface area is 148 Å². The van der Waals surface area contributed by atoms with Crippen LogP contribution in [0.15, 0.2) is 41.5 Å². The summed E-state index contributed by atoms with van der Waals surface area (Å²) < 4.78 is 11.3. The van der Waals surface area contributed by atoms with Gasteiger partial charge in [0.25, 0.3) is 0 Å². The Morgan fingerprint density at radius 3 is 2.76 bits per heavy atom. The molecule has 2 aromatic rings. The fourth-order valence-electron chi connectivity index (χ4n) is 3.29. The number of rotatable bonds is 4. The van der Waals surface area contributed by atoms with Gasteiger partial charge in [0.1, 0.15) is 11.6 Å². The third kappa shape index (κ3) is 3.37. The van der Waals surface area contributed by atoms with Gasteiger partial charge in [-0.2, -0.15) is 0 Å². The van der Waals surface area contributed by atoms with Gasteiger partial charge in [-0.1, -0.05) is 6.07 Å². The first-order valence-corrected chi connectivity index (χ1v) is 8.84. The first-order valence-electron chi connectivity index (χ1n) is 8.84. The highest BCUT2D eigenvalue weighted by Crippen LogP contribution is 2.28. The maximum Gasteiger partial charge on any atom is 0.129 e. The normalized spacial score (nSPS) is 16.8. The van der Waals surface area contributed by atoms with Crippen molar-refractivity contribution in [2.75, 3.05) is 31.2 Å². The lowest BCUT2D eigenvalue weighted by Gasteiger charge is -2.28. The van der Waals surface area contributed by atoms with Gasteiger partial charge in [0, 0.05) is 30.4 Å². The van der Waals surface area contributed by atoms with Crippen molar-refractivity contribution in [3.63, 3.8) is 0 Å². The predicted molar refractivity (Wildman–Crippen MR) is 98.8 cm³/mol. The molecular formula is C20H23N3O2. The molecule has 5 heteroatoms. The van der Waals surface area contributed by atoms with Crippen molar-refractivity contribution >= 4 is 11.5 Å². The average Bonchev–Trinajstić information content (AvgIpc) is 3.05. The number of aromatic nitrogens is 1. The fraction of sp³-hybridized carbons (Fsp3) is 0.400. The van der Waals surface area contributed by atoms with E-state index in [4.69, 9.17) is 14.5 Å². The molecule has 0 unspecified atom stereocenters. The van der Waals surface area contributed by atoms with Crippen LogP contribution >= 0.6 is 0 Å². The number of aliphatic imine (C=N–C) groups is 1. The van der Waals surface area contributed by atoms with Crippen LogP contribution in [0.2, 0.25) is 0 Å². The highest BCUT2D eigenvalue weighted by Gasteiger charge is 2.20. The summed E-state index contributed by atoms with van der Waals surface area (Å²) >= 11 is 0. The third-order valence-corrected chi connectivity index (χ3v) is 4.47. The largest absolute Gasteiger partial charge is 0.491 e. The highest BCUT2D eigenvalue weighted by molar-refractivity contribution is 6.15. The lowest BCUT2D eigenvalue weighted by Crippen LogP contribution is -2.36. The van der Waals surface area contributed by atoms with E-state index < -0.39 is 0 Å². The zero-order valence-electron chi connectivity index (χ0n) is 14.7. The summed E-state index contributed by atoms with van der Waals surface area (Å²) in [5.74, 6) is 1.89. The van der Waals surface area contributed by atoms with Gasteiger partial charge in [-0.15, -0.1) is 0 Å². The van der Waals surface area contributed by atoms with Crippen molar-refractivity contribution in [3.05, 3.63) is 53.2 Å². The smallest absolute Gasteiger partial charge is 0.129 e. The molecular weight excluding hydrogens is 314 g/mol. The molecule has 0 amide bonds. The average molecular weight is 337 g/mol. The molecule has 0 atom stereocenters. The van der Waals surface area contributed by atoms with E-state index >= 15 is 0 Å². The van der Waals surface area contributed by atoms with Crippen molar-refractivity contribution in [1.82, 2.24) is 4.98 Å². The van der Waals surface area contributed by atoms with Gasteiger partial charge >= 0.3 is 0 Å². The maximum absolute atomic E-state index is 5.85. The van der Waals surface area contributed by atoms with Gasteiger partial charge in [-0.25, -0.2) is 4.98 Å². The Morgan fingerprint density at radius 1 is 1.12 bits per heavy atom. The molecule has 1 saturated heterocycles. The van der Waals surface area contributed by atoms with E-state index in [-0.39, 0.29) is 6.10 Å². The number of benzene rings is 1. The maximum atomic E-state index is 5.85. The zero-order chi connectivity index (χ0) is 17.2. The summed E-state index contributed by atoms with van der Waals surface area (Å²) in [6.07, 6.45) is 2.03. The number of pyridine rings is 1. The van der Waals surface area contributed by atoms with E-state index in [1.54, 1.807) is 0 Å². The van der Waals surface area contributed by atoms with Crippen molar-refractivity contribution in [1.29, 1.82) is 0 Å². The van der Waals surface area contributed by atoms with Crippen molar-refractivity contribution in [2.45, 2.75) is 26.5 Å². The number of anilines is 1. The summed E-state index contributed by atoms with van der Waals surface area (Å²) in [6, 6.07) is 10.4. The van der Waals surface area contributed by atoms with Gasteiger partial charge in [0.2, 0.25) is 0 Å². The lowest BCUT2D eigenvalue weighted by atomic mass is 10.0. The molecule has 1 aromatic carbocycles. The molecule has 25 heavy (non-hydrogen) atoms. The van der Waals surface area contributed by atoms with Crippen molar-refractivity contribution in [3.8, 4) is 5.75 Å². The summed E-state index contributed by atoms with van der Waals surface area (Å²) in [4.78, 5) is 11.6. The predicted octanol–water partition coefficient (Wildman–Crippen LogP) is 3.06. The minimum atomic E-state index is 0.161. The molecule has 1 aromatic heterocycles. The Bertz CT molecular complexity index is 795. The number of morpholine rings is 1. The Hall–Kier alpha value is -2.40. The number of fused-ring (bicyclic) bond motifs is 1. The molecule has 2 aliphatic rings. The van der Waals surface area contributed by atoms with Crippen LogP contribution in [-0.4, -0.2) is 43.1 Å². The molecule has 0 saturated carbocycles. The molecule has 0 radical (unpaired) electrons. The molecule has 130 valence electrons. The second-order valence-electron chi connectivity index (χ2n) is 6.65. The lowest BCUT2D eigenvalue weighted by molar-refractivity contribution is 0.122. The topological polar surface area (TPSA) is 47.0 Å². The Morgan fingerprint density at radius 2 is 1.96 bits per heavy atom. The molecule has 4 rings (SSSR count). The van der Waals surface area contributed by atoms with Gasteiger partial charge in [-0.05, 0) is 43.7 Å². The van der Waals surface area contributed by atoms with Crippen LogP contribution in [0.5, 0.6) is 5.75 Å². The molecule has 5 nitrogen and oxygen atoms in total. The van der Waals surface area contributed by atoms with Crippen LogP contribution in [0.25, 0.3) is 0 Å². The molecule has 2 aliphatic heterocycles. The first-order chi connectivity index (χ1) is 12.2. The minimum absolute atomic E-state index is 0.161. The Balaban J connectivity index is 1.64. The highest BCUT2D eigenvalue weighted by atomic mass is 16.5. The molecule has 0 aliphatic carbocycles. The van der Waals surface area contributed by atoms with E-state index in [0.29, 0.717) is 0 Å². The molecule has 0 spiro atoms. The van der Waals surface area contributed by atoms with Crippen LogP contribution in [0.4, 0.5) is 5.82 Å². The molecule has 3 heterocycles. The van der Waals surface area contributed by atoms with E-state index in [2.05, 4.69) is 28.1 Å². The third-order valence-electron chi connectivity index (χ3n) is 4.47.